The summed E-state index contributed by atoms with van der Waals surface area (Å²) >= 11 is 11.2. The Morgan fingerprint density at radius 1 is 0.909 bits per heavy atom. The molecule has 2 rings (SSSR count). The molecule has 0 aliphatic rings. The van der Waals surface area contributed by atoms with Crippen LogP contribution in [-0.2, 0) is 4.74 Å². The molecule has 114 valence electrons. The van der Waals surface area contributed by atoms with Gasteiger partial charge in [0.15, 0.2) is 11.6 Å². The summed E-state index contributed by atoms with van der Waals surface area (Å²) < 4.78 is 5.07. The van der Waals surface area contributed by atoms with Gasteiger partial charge in [-0.1, -0.05) is 66.2 Å². The van der Waals surface area contributed by atoms with Crippen molar-refractivity contribution in [2.45, 2.75) is 5.56 Å². The van der Waals surface area contributed by atoms with Crippen LogP contribution < -0.4 is 0 Å². The third-order valence-electron chi connectivity index (χ3n) is 3.02. The van der Waals surface area contributed by atoms with E-state index in [0.717, 1.165) is 0 Å². The number of carbonyl (C=O) groups is 2. The summed E-state index contributed by atoms with van der Waals surface area (Å²) in [5.74, 6) is -0.187. The first-order chi connectivity index (χ1) is 10.6. The van der Waals surface area contributed by atoms with Gasteiger partial charge in [-0.25, -0.2) is 0 Å². The number of rotatable bonds is 7. The molecule has 1 atom stereocenters. The Hall–Kier alpha value is -1.68. The standard InChI is InChI=1S/C17H14Cl2O3/c18-10-16(19)22-11-15(20)12-6-8-14(9-7-12)17(21)13-4-2-1-3-5-13/h1-9,16H,10-11H2. The van der Waals surface area contributed by atoms with Gasteiger partial charge in [-0.15, -0.1) is 11.6 Å². The average molecular weight is 337 g/mol. The first kappa shape index (κ1) is 16.7. The van der Waals surface area contributed by atoms with Crippen molar-refractivity contribution in [3.63, 3.8) is 0 Å². The van der Waals surface area contributed by atoms with E-state index >= 15 is 0 Å². The molecule has 0 N–H and O–H groups in total. The number of carbonyl (C=O) groups excluding carboxylic acids is 2. The molecule has 0 bridgehead atoms. The van der Waals surface area contributed by atoms with Crippen molar-refractivity contribution in [1.29, 1.82) is 0 Å². The Morgan fingerprint density at radius 3 is 2.05 bits per heavy atom. The summed E-state index contributed by atoms with van der Waals surface area (Å²) in [5.41, 5.74) is 0.907. The highest BCUT2D eigenvalue weighted by molar-refractivity contribution is 6.27. The second-order valence-corrected chi connectivity index (χ2v) is 5.37. The van der Waals surface area contributed by atoms with Crippen LogP contribution in [0.15, 0.2) is 54.6 Å². The van der Waals surface area contributed by atoms with E-state index in [4.69, 9.17) is 27.9 Å². The lowest BCUT2D eigenvalue weighted by Crippen LogP contribution is -2.15. The lowest BCUT2D eigenvalue weighted by atomic mass is 10.0. The summed E-state index contributed by atoms with van der Waals surface area (Å²) in [5, 5.41) is 0. The molecule has 0 saturated heterocycles. The van der Waals surface area contributed by atoms with Crippen molar-refractivity contribution in [3.8, 4) is 0 Å². The molecule has 0 heterocycles. The molecule has 2 aromatic carbocycles. The molecular weight excluding hydrogens is 323 g/mol. The minimum Gasteiger partial charge on any atom is -0.353 e. The molecular formula is C17H14Cl2O3. The number of hydrogen-bond donors (Lipinski definition) is 0. The van der Waals surface area contributed by atoms with Crippen molar-refractivity contribution >= 4 is 34.8 Å². The Bertz CT molecular complexity index is 639. The molecule has 0 aliphatic carbocycles. The van der Waals surface area contributed by atoms with Crippen LogP contribution in [0, 0.1) is 0 Å². The van der Waals surface area contributed by atoms with E-state index in [-0.39, 0.29) is 24.1 Å². The highest BCUT2D eigenvalue weighted by Crippen LogP contribution is 2.12. The number of halogens is 2. The normalized spacial score (nSPS) is 11.9. The second-order valence-electron chi connectivity index (χ2n) is 4.57. The zero-order valence-electron chi connectivity index (χ0n) is 11.7. The minimum atomic E-state index is -0.690. The van der Waals surface area contributed by atoms with Gasteiger partial charge in [0.05, 0.1) is 5.88 Å². The zero-order valence-corrected chi connectivity index (χ0v) is 13.2. The number of hydrogen-bond acceptors (Lipinski definition) is 3. The van der Waals surface area contributed by atoms with Gasteiger partial charge >= 0.3 is 0 Å². The van der Waals surface area contributed by atoms with Gasteiger partial charge in [-0.2, -0.15) is 0 Å². The second kappa shape index (κ2) is 8.08. The molecule has 0 spiro atoms. The van der Waals surface area contributed by atoms with Crippen molar-refractivity contribution < 1.29 is 14.3 Å². The van der Waals surface area contributed by atoms with Gasteiger partial charge in [0.25, 0.3) is 0 Å². The van der Waals surface area contributed by atoms with Crippen molar-refractivity contribution in [2.75, 3.05) is 12.5 Å². The van der Waals surface area contributed by atoms with E-state index in [1.165, 1.54) is 0 Å². The van der Waals surface area contributed by atoms with Crippen LogP contribution in [0.5, 0.6) is 0 Å². The topological polar surface area (TPSA) is 43.4 Å². The summed E-state index contributed by atoms with van der Waals surface area (Å²) in [6.45, 7) is -0.146. The molecule has 3 nitrogen and oxygen atoms in total. The van der Waals surface area contributed by atoms with Crippen molar-refractivity contribution in [2.24, 2.45) is 0 Å². The van der Waals surface area contributed by atoms with Gasteiger partial charge in [-0.05, 0) is 0 Å². The quantitative estimate of drug-likeness (QED) is 0.568. The molecule has 0 aromatic heterocycles. The van der Waals surface area contributed by atoms with Crippen LogP contribution >= 0.6 is 23.2 Å². The molecule has 22 heavy (non-hydrogen) atoms. The van der Waals surface area contributed by atoms with E-state index in [1.807, 2.05) is 18.2 Å². The van der Waals surface area contributed by atoms with Crippen molar-refractivity contribution in [3.05, 3.63) is 71.3 Å². The number of ether oxygens (including phenoxy) is 1. The van der Waals surface area contributed by atoms with Crippen LogP contribution in [0.2, 0.25) is 0 Å². The number of Topliss-reactive ketones (excluding diaryl/α,β-unsaturated/α-hetero) is 1. The molecule has 1 unspecified atom stereocenters. The highest BCUT2D eigenvalue weighted by atomic mass is 35.5. The molecule has 0 fully saturated rings. The van der Waals surface area contributed by atoms with Crippen molar-refractivity contribution in [1.82, 2.24) is 0 Å². The van der Waals surface area contributed by atoms with Gasteiger partial charge in [-0.3, -0.25) is 9.59 Å². The first-order valence-corrected chi connectivity index (χ1v) is 7.63. The highest BCUT2D eigenvalue weighted by Gasteiger charge is 2.12. The molecule has 5 heteroatoms. The number of ketones is 2. The Balaban J connectivity index is 2.04. The molecule has 0 aliphatic heterocycles. The molecule has 0 saturated carbocycles. The lowest BCUT2D eigenvalue weighted by molar-refractivity contribution is 0.0727. The molecule has 0 amide bonds. The van der Waals surface area contributed by atoms with Crippen LogP contribution in [0.4, 0.5) is 0 Å². The summed E-state index contributed by atoms with van der Waals surface area (Å²) in [6.07, 6.45) is 0. The molecule has 2 aromatic rings. The van der Waals surface area contributed by atoms with Gasteiger partial charge in [0, 0.05) is 16.7 Å². The van der Waals surface area contributed by atoms with E-state index in [9.17, 15) is 9.59 Å². The third kappa shape index (κ3) is 4.41. The molecule has 0 radical (unpaired) electrons. The van der Waals surface area contributed by atoms with Gasteiger partial charge in [0.2, 0.25) is 0 Å². The maximum atomic E-state index is 12.2. The smallest absolute Gasteiger partial charge is 0.193 e. The summed E-state index contributed by atoms with van der Waals surface area (Å²) in [4.78, 5) is 24.1. The van der Waals surface area contributed by atoms with Crippen LogP contribution in [-0.4, -0.2) is 29.6 Å². The van der Waals surface area contributed by atoms with E-state index < -0.39 is 5.56 Å². The van der Waals surface area contributed by atoms with Crippen LogP contribution in [0.1, 0.15) is 26.3 Å². The largest absolute Gasteiger partial charge is 0.353 e. The predicted molar refractivity (Wildman–Crippen MR) is 87.0 cm³/mol. The monoisotopic (exact) mass is 336 g/mol. The maximum Gasteiger partial charge on any atom is 0.193 e. The number of alkyl halides is 2. The SMILES string of the molecule is O=C(COC(Cl)CCl)c1ccc(C(=O)c2ccccc2)cc1. The first-order valence-electron chi connectivity index (χ1n) is 6.66. The van der Waals surface area contributed by atoms with Crippen LogP contribution in [0.25, 0.3) is 0 Å². The van der Waals surface area contributed by atoms with Gasteiger partial charge < -0.3 is 4.74 Å². The van der Waals surface area contributed by atoms with E-state index in [1.54, 1.807) is 36.4 Å². The predicted octanol–water partition coefficient (Wildman–Crippen LogP) is 3.92. The van der Waals surface area contributed by atoms with Crippen LogP contribution in [0.3, 0.4) is 0 Å². The van der Waals surface area contributed by atoms with E-state index in [0.29, 0.717) is 16.7 Å². The fourth-order valence-corrected chi connectivity index (χ4v) is 2.01. The zero-order chi connectivity index (χ0) is 15.9. The Morgan fingerprint density at radius 2 is 1.45 bits per heavy atom. The summed E-state index contributed by atoms with van der Waals surface area (Å²) in [6, 6.07) is 15.4. The summed E-state index contributed by atoms with van der Waals surface area (Å²) in [7, 11) is 0. The third-order valence-corrected chi connectivity index (χ3v) is 3.74. The fourth-order valence-electron chi connectivity index (χ4n) is 1.86. The number of benzene rings is 2. The van der Waals surface area contributed by atoms with E-state index in [2.05, 4.69) is 0 Å². The van der Waals surface area contributed by atoms with Gasteiger partial charge in [0.1, 0.15) is 12.2 Å². The fraction of sp³-hybridized carbons (Fsp3) is 0.176. The average Bonchev–Trinajstić information content (AvgIpc) is 2.59. The minimum absolute atomic E-state index is 0.0844. The maximum absolute atomic E-state index is 12.2. The Labute approximate surface area is 138 Å². The Kier molecular flexibility index (Phi) is 6.13. The lowest BCUT2D eigenvalue weighted by Gasteiger charge is -2.07.